The van der Waals surface area contributed by atoms with Crippen LogP contribution in [0.5, 0.6) is 0 Å². The minimum Gasteiger partial charge on any atom is -0.224 e. The van der Waals surface area contributed by atoms with E-state index in [0.29, 0.717) is 15.6 Å². The molecule has 0 aliphatic carbocycles. The number of alkyl halides is 1. The molecule has 2 aromatic rings. The molecular weight excluding hydrogens is 410 g/mol. The minimum atomic E-state index is 0. The van der Waals surface area contributed by atoms with Crippen LogP contribution in [0.2, 0.25) is 10.3 Å². The standard InChI is InChI=1S/C13H9BrCl2N.Y/c1-8-4-2-3-5-9(8)10-6-12(15)17-13(16)11(10)7-14;/h3-6H,7H2,1H3;/q-1;. The molecule has 0 unspecified atom stereocenters. The van der Waals surface area contributed by atoms with Crippen molar-refractivity contribution in [3.63, 3.8) is 0 Å². The Balaban J connectivity index is 0.00000162. The van der Waals surface area contributed by atoms with Crippen LogP contribution in [-0.4, -0.2) is 4.98 Å². The van der Waals surface area contributed by atoms with Crippen molar-refractivity contribution in [2.45, 2.75) is 12.3 Å². The Morgan fingerprint density at radius 3 is 2.67 bits per heavy atom. The summed E-state index contributed by atoms with van der Waals surface area (Å²) in [4.78, 5) is 4.05. The molecule has 5 heteroatoms. The Morgan fingerprint density at radius 2 is 2.06 bits per heavy atom. The van der Waals surface area contributed by atoms with Gasteiger partial charge in [0, 0.05) is 43.6 Å². The summed E-state index contributed by atoms with van der Waals surface area (Å²) < 4.78 is 0. The molecule has 0 saturated carbocycles. The number of aryl methyl sites for hydroxylation is 1. The smallest absolute Gasteiger partial charge is 0.135 e. The minimum absolute atomic E-state index is 0. The molecule has 1 heterocycles. The first-order chi connectivity index (χ1) is 8.13. The predicted octanol–water partition coefficient (Wildman–Crippen LogP) is 5.06. The molecule has 0 N–H and O–H groups in total. The fourth-order valence-electron chi connectivity index (χ4n) is 1.69. The van der Waals surface area contributed by atoms with Crippen molar-refractivity contribution < 1.29 is 32.7 Å². The molecule has 0 spiro atoms. The maximum absolute atomic E-state index is 6.10. The second kappa shape index (κ2) is 7.35. The van der Waals surface area contributed by atoms with E-state index in [1.54, 1.807) is 0 Å². The van der Waals surface area contributed by atoms with E-state index < -0.39 is 0 Å². The number of rotatable bonds is 2. The predicted molar refractivity (Wildman–Crippen MR) is 75.9 cm³/mol. The second-order valence-corrected chi connectivity index (χ2v) is 4.94. The van der Waals surface area contributed by atoms with Gasteiger partial charge in [-0.15, -0.1) is 5.56 Å². The van der Waals surface area contributed by atoms with E-state index in [-0.39, 0.29) is 32.7 Å². The van der Waals surface area contributed by atoms with E-state index in [1.807, 2.05) is 31.2 Å². The molecule has 91 valence electrons. The number of nitrogens with zero attached hydrogens (tertiary/aromatic N) is 1. The quantitative estimate of drug-likeness (QED) is 0.377. The van der Waals surface area contributed by atoms with Crippen LogP contribution in [0.3, 0.4) is 0 Å². The van der Waals surface area contributed by atoms with E-state index in [9.17, 15) is 0 Å². The summed E-state index contributed by atoms with van der Waals surface area (Å²) in [5.41, 5.74) is 4.20. The van der Waals surface area contributed by atoms with Crippen LogP contribution in [0.15, 0.2) is 24.3 Å². The number of hydrogen-bond donors (Lipinski definition) is 0. The SMILES string of the molecule is Cc1c[c-]ccc1-c1cc(Cl)nc(Cl)c1CBr.[Y]. The molecule has 18 heavy (non-hydrogen) atoms. The number of benzene rings is 1. The van der Waals surface area contributed by atoms with E-state index in [0.717, 1.165) is 22.3 Å². The summed E-state index contributed by atoms with van der Waals surface area (Å²) in [5.74, 6) is 0. The number of halogens is 3. The van der Waals surface area contributed by atoms with Gasteiger partial charge in [-0.3, -0.25) is 0 Å². The number of pyridine rings is 1. The van der Waals surface area contributed by atoms with Gasteiger partial charge >= 0.3 is 0 Å². The van der Waals surface area contributed by atoms with Crippen molar-refractivity contribution >= 4 is 39.1 Å². The van der Waals surface area contributed by atoms with Gasteiger partial charge in [-0.1, -0.05) is 46.1 Å². The monoisotopic (exact) mass is 417 g/mol. The Bertz CT molecular complexity index is 561. The maximum atomic E-state index is 6.10. The molecule has 0 saturated heterocycles. The molecule has 0 bridgehead atoms. The zero-order valence-electron chi connectivity index (χ0n) is 9.67. The molecule has 0 aliphatic rings. The van der Waals surface area contributed by atoms with Gasteiger partial charge in [0.15, 0.2) is 0 Å². The molecule has 0 atom stereocenters. The number of hydrogen-bond acceptors (Lipinski definition) is 1. The first-order valence-electron chi connectivity index (χ1n) is 5.01. The zero-order chi connectivity index (χ0) is 12.4. The third-order valence-corrected chi connectivity index (χ3v) is 3.60. The molecule has 1 aromatic heterocycles. The third-order valence-electron chi connectivity index (χ3n) is 2.54. The van der Waals surface area contributed by atoms with Crippen LogP contribution in [0.1, 0.15) is 11.1 Å². The van der Waals surface area contributed by atoms with Crippen molar-refractivity contribution in [2.24, 2.45) is 0 Å². The van der Waals surface area contributed by atoms with E-state index >= 15 is 0 Å². The van der Waals surface area contributed by atoms with Crippen LogP contribution in [0, 0.1) is 13.0 Å². The van der Waals surface area contributed by atoms with Crippen molar-refractivity contribution in [3.8, 4) is 11.1 Å². The molecule has 1 nitrogen and oxygen atoms in total. The summed E-state index contributed by atoms with van der Waals surface area (Å²) in [6.45, 7) is 2.03. The molecule has 2 rings (SSSR count). The van der Waals surface area contributed by atoms with Gasteiger partial charge in [0.25, 0.3) is 0 Å². The third kappa shape index (κ3) is 3.55. The van der Waals surface area contributed by atoms with Crippen LogP contribution in [0.4, 0.5) is 0 Å². The number of aromatic nitrogens is 1. The first kappa shape index (κ1) is 16.6. The summed E-state index contributed by atoms with van der Waals surface area (Å²) in [7, 11) is 0. The van der Waals surface area contributed by atoms with Crippen LogP contribution < -0.4 is 0 Å². The molecule has 0 fully saturated rings. The summed E-state index contributed by atoms with van der Waals surface area (Å²) in [6.07, 6.45) is 0. The Kier molecular flexibility index (Phi) is 6.78. The van der Waals surface area contributed by atoms with Crippen LogP contribution >= 0.6 is 39.1 Å². The Morgan fingerprint density at radius 1 is 1.33 bits per heavy atom. The fraction of sp³-hybridized carbons (Fsp3) is 0.154. The van der Waals surface area contributed by atoms with Gasteiger partial charge < -0.3 is 0 Å². The van der Waals surface area contributed by atoms with Gasteiger partial charge in [-0.05, 0) is 11.6 Å². The Hall–Kier alpha value is 0.534. The van der Waals surface area contributed by atoms with Gasteiger partial charge in [0.1, 0.15) is 10.3 Å². The average molecular weight is 419 g/mol. The summed E-state index contributed by atoms with van der Waals surface area (Å²) in [5, 5.41) is 1.49. The second-order valence-electron chi connectivity index (χ2n) is 3.64. The van der Waals surface area contributed by atoms with Crippen molar-refractivity contribution in [3.05, 3.63) is 51.8 Å². The molecular formula is C13H9BrCl2NY-. The van der Waals surface area contributed by atoms with Gasteiger partial charge in [-0.25, -0.2) is 4.98 Å². The maximum Gasteiger partial charge on any atom is 0.135 e. The van der Waals surface area contributed by atoms with Crippen LogP contribution in [0.25, 0.3) is 11.1 Å². The van der Waals surface area contributed by atoms with Crippen molar-refractivity contribution in [2.75, 3.05) is 0 Å². The topological polar surface area (TPSA) is 12.9 Å². The molecule has 0 amide bonds. The molecule has 0 aliphatic heterocycles. The summed E-state index contributed by atoms with van der Waals surface area (Å²) in [6, 6.07) is 10.7. The van der Waals surface area contributed by atoms with E-state index in [2.05, 4.69) is 27.0 Å². The summed E-state index contributed by atoms with van der Waals surface area (Å²) >= 11 is 15.5. The molecule has 1 aromatic carbocycles. The van der Waals surface area contributed by atoms with Crippen LogP contribution in [-0.2, 0) is 38.0 Å². The average Bonchev–Trinajstić information content (AvgIpc) is 2.28. The Labute approximate surface area is 150 Å². The normalized spacial score (nSPS) is 10.0. The largest absolute Gasteiger partial charge is 0.224 e. The van der Waals surface area contributed by atoms with Gasteiger partial charge in [0.05, 0.1) is 0 Å². The van der Waals surface area contributed by atoms with E-state index in [1.165, 1.54) is 0 Å². The molecule has 1 radical (unpaired) electrons. The van der Waals surface area contributed by atoms with E-state index in [4.69, 9.17) is 23.2 Å². The fourth-order valence-corrected chi connectivity index (χ4v) is 2.92. The van der Waals surface area contributed by atoms with Gasteiger partial charge in [0.2, 0.25) is 0 Å². The van der Waals surface area contributed by atoms with Gasteiger partial charge in [-0.2, -0.15) is 29.8 Å². The van der Waals surface area contributed by atoms with Crippen molar-refractivity contribution in [1.82, 2.24) is 4.98 Å². The zero-order valence-corrected chi connectivity index (χ0v) is 15.6. The first-order valence-corrected chi connectivity index (χ1v) is 6.89. The van der Waals surface area contributed by atoms with Crippen molar-refractivity contribution in [1.29, 1.82) is 0 Å².